The van der Waals surface area contributed by atoms with Crippen molar-refractivity contribution in [3.05, 3.63) is 0 Å². The molecule has 0 aromatic heterocycles. The van der Waals surface area contributed by atoms with Crippen LogP contribution < -0.4 is 0 Å². The molecule has 0 N–H and O–H groups in total. The Kier molecular flexibility index (Phi) is 1.68. The van der Waals surface area contributed by atoms with Gasteiger partial charge in [-0.2, -0.15) is 0 Å². The van der Waals surface area contributed by atoms with Crippen LogP contribution in [-0.2, 0) is 4.79 Å². The van der Waals surface area contributed by atoms with Crippen LogP contribution in [0, 0.1) is 5.41 Å². The predicted molar refractivity (Wildman–Crippen MR) is 40.7 cm³/mol. The molecular formula is C7H11BrO. The molecule has 0 bridgehead atoms. The minimum atomic E-state index is 0.132. The van der Waals surface area contributed by atoms with E-state index in [0.29, 0.717) is 5.78 Å². The van der Waals surface area contributed by atoms with Gasteiger partial charge in [-0.3, -0.25) is 4.79 Å². The number of alkyl halides is 1. The van der Waals surface area contributed by atoms with Crippen molar-refractivity contribution in [2.24, 2.45) is 5.41 Å². The van der Waals surface area contributed by atoms with Crippen molar-refractivity contribution in [3.8, 4) is 0 Å². The van der Waals surface area contributed by atoms with Crippen LogP contribution in [0.5, 0.6) is 0 Å². The van der Waals surface area contributed by atoms with Gasteiger partial charge in [0.2, 0.25) is 0 Å². The van der Waals surface area contributed by atoms with E-state index in [2.05, 4.69) is 29.8 Å². The van der Waals surface area contributed by atoms with Crippen LogP contribution in [-0.4, -0.2) is 10.6 Å². The van der Waals surface area contributed by atoms with Crippen molar-refractivity contribution in [2.75, 3.05) is 0 Å². The summed E-state index contributed by atoms with van der Waals surface area (Å²) in [5.74, 6) is 0.361. The van der Waals surface area contributed by atoms with E-state index in [1.54, 1.807) is 0 Å². The lowest BCUT2D eigenvalue weighted by atomic mass is 9.92. The average molecular weight is 191 g/mol. The Morgan fingerprint density at radius 3 is 2.33 bits per heavy atom. The van der Waals surface area contributed by atoms with E-state index in [-0.39, 0.29) is 10.2 Å². The lowest BCUT2D eigenvalue weighted by molar-refractivity contribution is -0.117. The Labute approximate surface area is 64.0 Å². The number of Topliss-reactive ketones (excluding diaryl/α,β-unsaturated/α-hetero) is 1. The number of ketones is 1. The van der Waals surface area contributed by atoms with E-state index in [9.17, 15) is 4.79 Å². The second-order valence-corrected chi connectivity index (χ2v) is 4.58. The zero-order valence-electron chi connectivity index (χ0n) is 5.78. The first kappa shape index (κ1) is 7.26. The van der Waals surface area contributed by atoms with E-state index in [4.69, 9.17) is 0 Å². The van der Waals surface area contributed by atoms with Crippen molar-refractivity contribution in [2.45, 2.75) is 31.5 Å². The van der Waals surface area contributed by atoms with Crippen molar-refractivity contribution < 1.29 is 4.79 Å². The topological polar surface area (TPSA) is 17.1 Å². The van der Waals surface area contributed by atoms with E-state index in [1.807, 2.05) is 0 Å². The van der Waals surface area contributed by atoms with E-state index < -0.39 is 0 Å². The first-order valence-corrected chi connectivity index (χ1v) is 4.10. The molecule has 0 spiro atoms. The number of halogens is 1. The second-order valence-electron chi connectivity index (χ2n) is 3.48. The highest BCUT2D eigenvalue weighted by Gasteiger charge is 2.35. The average Bonchev–Trinajstić information content (AvgIpc) is 1.79. The van der Waals surface area contributed by atoms with Crippen LogP contribution in [0.2, 0.25) is 0 Å². The second kappa shape index (κ2) is 2.08. The molecule has 1 atom stereocenters. The highest BCUT2D eigenvalue weighted by atomic mass is 79.9. The monoisotopic (exact) mass is 190 g/mol. The highest BCUT2D eigenvalue weighted by Crippen LogP contribution is 2.37. The van der Waals surface area contributed by atoms with Gasteiger partial charge in [-0.15, -0.1) is 0 Å². The van der Waals surface area contributed by atoms with Crippen LogP contribution in [0.25, 0.3) is 0 Å². The Morgan fingerprint density at radius 2 is 2.22 bits per heavy atom. The summed E-state index contributed by atoms with van der Waals surface area (Å²) in [6.07, 6.45) is 1.73. The number of rotatable bonds is 0. The van der Waals surface area contributed by atoms with Gasteiger partial charge in [0.15, 0.2) is 0 Å². The van der Waals surface area contributed by atoms with Gasteiger partial charge < -0.3 is 0 Å². The van der Waals surface area contributed by atoms with Gasteiger partial charge in [0.05, 0.1) is 4.83 Å². The molecule has 1 fully saturated rings. The quantitative estimate of drug-likeness (QED) is 0.536. The molecule has 1 nitrogen and oxygen atoms in total. The minimum Gasteiger partial charge on any atom is -0.298 e. The van der Waals surface area contributed by atoms with Crippen LogP contribution in [0.3, 0.4) is 0 Å². The number of carbonyl (C=O) groups excluding carboxylic acids is 1. The van der Waals surface area contributed by atoms with Gasteiger partial charge in [-0.25, -0.2) is 0 Å². The fourth-order valence-electron chi connectivity index (χ4n) is 1.25. The molecule has 52 valence electrons. The van der Waals surface area contributed by atoms with Crippen molar-refractivity contribution >= 4 is 21.7 Å². The van der Waals surface area contributed by atoms with Gasteiger partial charge in [0.1, 0.15) is 5.78 Å². The van der Waals surface area contributed by atoms with Crippen LogP contribution >= 0.6 is 15.9 Å². The van der Waals surface area contributed by atoms with Crippen LogP contribution in [0.4, 0.5) is 0 Å². The van der Waals surface area contributed by atoms with Gasteiger partial charge in [0, 0.05) is 6.42 Å². The number of carbonyl (C=O) groups is 1. The molecule has 0 saturated heterocycles. The minimum absolute atomic E-state index is 0.132. The molecule has 1 rings (SSSR count). The largest absolute Gasteiger partial charge is 0.298 e. The summed E-state index contributed by atoms with van der Waals surface area (Å²) in [5, 5.41) is 0. The molecule has 9 heavy (non-hydrogen) atoms. The first-order valence-electron chi connectivity index (χ1n) is 3.18. The molecule has 1 unspecified atom stereocenters. The maximum Gasteiger partial charge on any atom is 0.147 e. The summed E-state index contributed by atoms with van der Waals surface area (Å²) in [6.45, 7) is 4.26. The Balaban J connectivity index is 2.65. The van der Waals surface area contributed by atoms with Gasteiger partial charge in [-0.1, -0.05) is 29.8 Å². The summed E-state index contributed by atoms with van der Waals surface area (Å²) in [6, 6.07) is 0. The molecule has 0 amide bonds. The predicted octanol–water partition coefficient (Wildman–Crippen LogP) is 2.14. The maximum atomic E-state index is 10.9. The molecule has 0 aliphatic heterocycles. The standard InChI is InChI=1S/C7H11BrO/c1-7(2)3-5(8)6(9)4-7/h5H,3-4H2,1-2H3. The summed E-state index contributed by atoms with van der Waals surface area (Å²) in [7, 11) is 0. The molecular weight excluding hydrogens is 180 g/mol. The third-order valence-electron chi connectivity index (χ3n) is 1.73. The Bertz CT molecular complexity index is 140. The fraction of sp³-hybridized carbons (Fsp3) is 0.857. The van der Waals surface area contributed by atoms with Crippen LogP contribution in [0.1, 0.15) is 26.7 Å². The van der Waals surface area contributed by atoms with Gasteiger partial charge >= 0.3 is 0 Å². The number of hydrogen-bond acceptors (Lipinski definition) is 1. The fourth-order valence-corrected chi connectivity index (χ4v) is 2.29. The molecule has 0 heterocycles. The third-order valence-corrected chi connectivity index (χ3v) is 2.57. The SMILES string of the molecule is CC1(C)CC(=O)C(Br)C1. The van der Waals surface area contributed by atoms with E-state index in [1.165, 1.54) is 0 Å². The lowest BCUT2D eigenvalue weighted by Gasteiger charge is -2.13. The summed E-state index contributed by atoms with van der Waals surface area (Å²) < 4.78 is 0. The smallest absolute Gasteiger partial charge is 0.147 e. The zero-order valence-corrected chi connectivity index (χ0v) is 7.36. The van der Waals surface area contributed by atoms with Crippen molar-refractivity contribution in [3.63, 3.8) is 0 Å². The molecule has 0 aromatic carbocycles. The van der Waals surface area contributed by atoms with Crippen molar-refractivity contribution in [1.82, 2.24) is 0 Å². The van der Waals surface area contributed by atoms with E-state index >= 15 is 0 Å². The first-order chi connectivity index (χ1) is 4.01. The molecule has 0 radical (unpaired) electrons. The summed E-state index contributed by atoms with van der Waals surface area (Å²) in [4.78, 5) is 11.1. The molecule has 0 aromatic rings. The van der Waals surface area contributed by atoms with Crippen LogP contribution in [0.15, 0.2) is 0 Å². The Hall–Kier alpha value is 0.150. The summed E-state index contributed by atoms with van der Waals surface area (Å²) in [5.41, 5.74) is 0.241. The van der Waals surface area contributed by atoms with Crippen molar-refractivity contribution in [1.29, 1.82) is 0 Å². The normalized spacial score (nSPS) is 33.2. The maximum absolute atomic E-state index is 10.9. The lowest BCUT2D eigenvalue weighted by Crippen LogP contribution is -2.04. The Morgan fingerprint density at radius 1 is 1.67 bits per heavy atom. The van der Waals surface area contributed by atoms with Gasteiger partial charge in [-0.05, 0) is 11.8 Å². The van der Waals surface area contributed by atoms with Gasteiger partial charge in [0.25, 0.3) is 0 Å². The molecule has 1 saturated carbocycles. The highest BCUT2D eigenvalue weighted by molar-refractivity contribution is 9.10. The molecule has 2 heteroatoms. The summed E-state index contributed by atoms with van der Waals surface area (Å²) >= 11 is 3.33. The third kappa shape index (κ3) is 1.54. The number of hydrogen-bond donors (Lipinski definition) is 0. The van der Waals surface area contributed by atoms with E-state index in [0.717, 1.165) is 12.8 Å². The molecule has 1 aliphatic rings. The molecule has 1 aliphatic carbocycles. The zero-order chi connectivity index (χ0) is 7.07.